The molecule has 4 nitrogen and oxygen atoms in total. The maximum absolute atomic E-state index is 6.13. The van der Waals surface area contributed by atoms with Crippen LogP contribution in [-0.4, -0.2) is 39.6 Å². The molecule has 1 aliphatic heterocycles. The molecule has 19 heavy (non-hydrogen) atoms. The van der Waals surface area contributed by atoms with Crippen molar-refractivity contribution >= 4 is 0 Å². The lowest BCUT2D eigenvalue weighted by atomic mass is 9.85. The van der Waals surface area contributed by atoms with Crippen LogP contribution >= 0.6 is 0 Å². The molecule has 1 N–H and O–H groups in total. The highest BCUT2D eigenvalue weighted by Gasteiger charge is 2.33. The van der Waals surface area contributed by atoms with Crippen molar-refractivity contribution in [1.82, 2.24) is 5.32 Å². The smallest absolute Gasteiger partial charge is 0.119 e. The molecule has 1 aromatic rings. The van der Waals surface area contributed by atoms with E-state index in [0.717, 1.165) is 31.8 Å². The topological polar surface area (TPSA) is 39.7 Å². The minimum absolute atomic E-state index is 0.236. The molecule has 1 fully saturated rings. The van der Waals surface area contributed by atoms with Gasteiger partial charge in [0.1, 0.15) is 11.9 Å². The van der Waals surface area contributed by atoms with Gasteiger partial charge in [0.05, 0.1) is 32.5 Å². The van der Waals surface area contributed by atoms with Gasteiger partial charge >= 0.3 is 0 Å². The molecule has 0 spiro atoms. The Bertz CT molecular complexity index is 445. The quantitative estimate of drug-likeness (QED) is 0.897. The van der Waals surface area contributed by atoms with Crippen molar-refractivity contribution in [3.63, 3.8) is 0 Å². The zero-order chi connectivity index (χ0) is 13.2. The minimum atomic E-state index is 0.236. The van der Waals surface area contributed by atoms with Crippen LogP contribution in [0.3, 0.4) is 0 Å². The van der Waals surface area contributed by atoms with E-state index < -0.39 is 0 Å². The van der Waals surface area contributed by atoms with Gasteiger partial charge in [0.15, 0.2) is 0 Å². The summed E-state index contributed by atoms with van der Waals surface area (Å²) >= 11 is 0. The first-order chi connectivity index (χ1) is 9.31. The predicted molar refractivity (Wildman–Crippen MR) is 72.6 cm³/mol. The third-order valence-electron chi connectivity index (χ3n) is 4.04. The zero-order valence-electron chi connectivity index (χ0n) is 11.5. The second-order valence-electron chi connectivity index (χ2n) is 5.20. The Morgan fingerprint density at radius 1 is 1.32 bits per heavy atom. The zero-order valence-corrected chi connectivity index (χ0v) is 11.5. The summed E-state index contributed by atoms with van der Waals surface area (Å²) in [5, 5.41) is 3.39. The Morgan fingerprint density at radius 3 is 2.79 bits per heavy atom. The van der Waals surface area contributed by atoms with E-state index in [1.807, 2.05) is 13.1 Å². The number of hydrogen-bond acceptors (Lipinski definition) is 4. The molecule has 2 aliphatic rings. The van der Waals surface area contributed by atoms with Crippen molar-refractivity contribution in [3.05, 3.63) is 29.3 Å². The molecule has 1 aliphatic carbocycles. The molecule has 1 saturated heterocycles. The second-order valence-corrected chi connectivity index (χ2v) is 5.20. The van der Waals surface area contributed by atoms with E-state index in [1.165, 1.54) is 11.1 Å². The second kappa shape index (κ2) is 5.49. The summed E-state index contributed by atoms with van der Waals surface area (Å²) in [6.45, 7) is 1.48. The number of likely N-dealkylation sites (N-methyl/N-ethyl adjacent to an activating group) is 1. The summed E-state index contributed by atoms with van der Waals surface area (Å²) < 4.78 is 16.6. The van der Waals surface area contributed by atoms with Crippen LogP contribution in [0.15, 0.2) is 18.2 Å². The summed E-state index contributed by atoms with van der Waals surface area (Å²) in [6, 6.07) is 6.58. The molecule has 104 valence electrons. The van der Waals surface area contributed by atoms with Crippen LogP contribution in [0.5, 0.6) is 5.75 Å². The van der Waals surface area contributed by atoms with Gasteiger partial charge < -0.3 is 19.5 Å². The molecule has 3 rings (SSSR count). The van der Waals surface area contributed by atoms with E-state index in [4.69, 9.17) is 14.2 Å². The third kappa shape index (κ3) is 2.48. The number of nitrogens with one attached hydrogen (secondary N) is 1. The van der Waals surface area contributed by atoms with Crippen LogP contribution in [0, 0.1) is 0 Å². The Morgan fingerprint density at radius 2 is 2.16 bits per heavy atom. The molecule has 0 amide bonds. The Labute approximate surface area is 114 Å². The van der Waals surface area contributed by atoms with Crippen molar-refractivity contribution in [2.45, 2.75) is 31.1 Å². The fraction of sp³-hybridized carbons (Fsp3) is 0.600. The van der Waals surface area contributed by atoms with E-state index in [0.29, 0.717) is 0 Å². The van der Waals surface area contributed by atoms with Crippen LogP contribution in [0.4, 0.5) is 0 Å². The summed E-state index contributed by atoms with van der Waals surface area (Å²) in [5.41, 5.74) is 2.70. The van der Waals surface area contributed by atoms with E-state index in [-0.39, 0.29) is 18.2 Å². The number of methoxy groups -OCH3 is 1. The first-order valence-electron chi connectivity index (χ1n) is 6.89. The monoisotopic (exact) mass is 263 g/mol. The van der Waals surface area contributed by atoms with Gasteiger partial charge in [0.2, 0.25) is 0 Å². The van der Waals surface area contributed by atoms with Crippen LogP contribution in [0.1, 0.15) is 23.6 Å². The average Bonchev–Trinajstić information content (AvgIpc) is 2.41. The SMILES string of the molecule is CNC1c2ccc(OC)cc2CCC1OC1COC1. The van der Waals surface area contributed by atoms with Gasteiger partial charge in [-0.25, -0.2) is 0 Å². The number of rotatable bonds is 4. The molecule has 0 aromatic heterocycles. The fourth-order valence-corrected chi connectivity index (χ4v) is 2.92. The molecule has 2 unspecified atom stereocenters. The number of hydrogen-bond donors (Lipinski definition) is 1. The summed E-state index contributed by atoms with van der Waals surface area (Å²) in [6.07, 6.45) is 2.60. The molecule has 1 aromatic carbocycles. The van der Waals surface area contributed by atoms with Gasteiger partial charge in [-0.05, 0) is 43.1 Å². The molecule has 2 atom stereocenters. The van der Waals surface area contributed by atoms with Gasteiger partial charge in [-0.3, -0.25) is 0 Å². The molecular formula is C15H21NO3. The molecule has 0 saturated carbocycles. The van der Waals surface area contributed by atoms with Crippen LogP contribution < -0.4 is 10.1 Å². The van der Waals surface area contributed by atoms with E-state index in [9.17, 15) is 0 Å². The average molecular weight is 263 g/mol. The van der Waals surface area contributed by atoms with Gasteiger partial charge in [0, 0.05) is 0 Å². The first-order valence-corrected chi connectivity index (χ1v) is 6.89. The maximum atomic E-state index is 6.13. The number of aryl methyl sites for hydroxylation is 1. The maximum Gasteiger partial charge on any atom is 0.119 e. The fourth-order valence-electron chi connectivity index (χ4n) is 2.92. The number of ether oxygens (including phenoxy) is 3. The Kier molecular flexibility index (Phi) is 3.73. The number of fused-ring (bicyclic) bond motifs is 1. The predicted octanol–water partition coefficient (Wildman–Crippen LogP) is 1.69. The highest BCUT2D eigenvalue weighted by Crippen LogP contribution is 2.34. The van der Waals surface area contributed by atoms with Gasteiger partial charge in [-0.1, -0.05) is 6.07 Å². The summed E-state index contributed by atoms with van der Waals surface area (Å²) in [7, 11) is 3.71. The molecular weight excluding hydrogens is 242 g/mol. The Balaban J connectivity index is 1.80. The minimum Gasteiger partial charge on any atom is -0.497 e. The van der Waals surface area contributed by atoms with Crippen LogP contribution in [-0.2, 0) is 15.9 Å². The van der Waals surface area contributed by atoms with Crippen molar-refractivity contribution in [2.24, 2.45) is 0 Å². The molecule has 4 heteroatoms. The van der Waals surface area contributed by atoms with Gasteiger partial charge in [0.25, 0.3) is 0 Å². The molecule has 0 radical (unpaired) electrons. The summed E-state index contributed by atoms with van der Waals surface area (Å²) in [4.78, 5) is 0. The van der Waals surface area contributed by atoms with Crippen molar-refractivity contribution in [3.8, 4) is 5.75 Å². The van der Waals surface area contributed by atoms with E-state index in [1.54, 1.807) is 7.11 Å². The van der Waals surface area contributed by atoms with Crippen molar-refractivity contribution in [1.29, 1.82) is 0 Å². The largest absolute Gasteiger partial charge is 0.497 e. The standard InChI is InChI=1S/C15H21NO3/c1-16-15-13-5-4-11(17-2)7-10(13)3-6-14(15)19-12-8-18-9-12/h4-5,7,12,14-16H,3,6,8-9H2,1-2H3. The third-order valence-corrected chi connectivity index (χ3v) is 4.04. The summed E-state index contributed by atoms with van der Waals surface area (Å²) in [5.74, 6) is 0.931. The van der Waals surface area contributed by atoms with Gasteiger partial charge in [-0.15, -0.1) is 0 Å². The van der Waals surface area contributed by atoms with E-state index >= 15 is 0 Å². The Hall–Kier alpha value is -1.10. The highest BCUT2D eigenvalue weighted by atomic mass is 16.6. The number of benzene rings is 1. The lowest BCUT2D eigenvalue weighted by molar-refractivity contribution is -0.163. The highest BCUT2D eigenvalue weighted by molar-refractivity contribution is 5.39. The first kappa shape index (κ1) is 12.9. The van der Waals surface area contributed by atoms with Crippen molar-refractivity contribution in [2.75, 3.05) is 27.4 Å². The van der Waals surface area contributed by atoms with Gasteiger partial charge in [-0.2, -0.15) is 0 Å². The van der Waals surface area contributed by atoms with Crippen LogP contribution in [0.25, 0.3) is 0 Å². The van der Waals surface area contributed by atoms with E-state index in [2.05, 4.69) is 17.4 Å². The van der Waals surface area contributed by atoms with Crippen molar-refractivity contribution < 1.29 is 14.2 Å². The van der Waals surface area contributed by atoms with Crippen LogP contribution in [0.2, 0.25) is 0 Å². The molecule has 0 bridgehead atoms. The normalized spacial score (nSPS) is 26.6. The lowest BCUT2D eigenvalue weighted by Crippen LogP contribution is -2.44. The molecule has 1 heterocycles. The lowest BCUT2D eigenvalue weighted by Gasteiger charge is -2.38.